The molecule has 0 bridgehead atoms. The average molecular weight is 275 g/mol. The number of benzene rings is 1. The molecule has 0 fully saturated rings. The van der Waals surface area contributed by atoms with Gasteiger partial charge in [-0.25, -0.2) is 4.98 Å². The number of rotatable bonds is 2. The molecule has 0 unspecified atom stereocenters. The van der Waals surface area contributed by atoms with E-state index in [1.807, 2.05) is 40.9 Å². The molecule has 4 heteroatoms. The van der Waals surface area contributed by atoms with Gasteiger partial charge in [-0.2, -0.15) is 0 Å². The number of hydrogen-bond acceptors (Lipinski definition) is 2. The molecule has 0 aliphatic rings. The molecule has 0 aliphatic heterocycles. The Hall–Kier alpha value is -1.45. The summed E-state index contributed by atoms with van der Waals surface area (Å²) in [5, 5.41) is 1.83. The molecule has 1 aromatic carbocycles. The lowest BCUT2D eigenvalue weighted by Crippen LogP contribution is -1.86. The summed E-state index contributed by atoms with van der Waals surface area (Å²) in [4.78, 5) is 4.68. The molecule has 0 spiro atoms. The zero-order valence-corrected chi connectivity index (χ0v) is 11.4. The van der Waals surface area contributed by atoms with Crippen molar-refractivity contribution in [2.24, 2.45) is 0 Å². The van der Waals surface area contributed by atoms with Crippen LogP contribution in [0.5, 0.6) is 0 Å². The third kappa shape index (κ3) is 1.89. The standard InChI is InChI=1S/C14H11ClN2S/c1-18-14-13(10-5-3-2-4-6-10)16-12-8-7-11(15)9-17(12)14/h2-9H,1H3. The van der Waals surface area contributed by atoms with E-state index in [0.29, 0.717) is 0 Å². The fourth-order valence-electron chi connectivity index (χ4n) is 1.98. The Morgan fingerprint density at radius 3 is 2.61 bits per heavy atom. The van der Waals surface area contributed by atoms with E-state index >= 15 is 0 Å². The Bertz CT molecular complexity index is 692. The van der Waals surface area contributed by atoms with E-state index in [4.69, 9.17) is 11.6 Å². The molecule has 0 saturated heterocycles. The van der Waals surface area contributed by atoms with Crippen molar-refractivity contribution in [1.82, 2.24) is 9.38 Å². The number of hydrogen-bond donors (Lipinski definition) is 0. The normalized spacial score (nSPS) is 11.0. The highest BCUT2D eigenvalue weighted by Crippen LogP contribution is 2.31. The molecule has 2 heterocycles. The lowest BCUT2D eigenvalue weighted by Gasteiger charge is -2.01. The third-order valence-corrected chi connectivity index (χ3v) is 3.78. The van der Waals surface area contributed by atoms with Crippen LogP contribution in [0.2, 0.25) is 5.02 Å². The molecule has 0 saturated carbocycles. The van der Waals surface area contributed by atoms with Crippen LogP contribution in [0.3, 0.4) is 0 Å². The van der Waals surface area contributed by atoms with Gasteiger partial charge in [-0.15, -0.1) is 11.8 Å². The van der Waals surface area contributed by atoms with Crippen LogP contribution >= 0.6 is 23.4 Å². The van der Waals surface area contributed by atoms with Crippen LogP contribution in [0.25, 0.3) is 16.9 Å². The van der Waals surface area contributed by atoms with E-state index in [-0.39, 0.29) is 0 Å². The maximum atomic E-state index is 6.05. The minimum Gasteiger partial charge on any atom is -0.293 e. The summed E-state index contributed by atoms with van der Waals surface area (Å²) >= 11 is 7.72. The molecule has 2 nitrogen and oxygen atoms in total. The van der Waals surface area contributed by atoms with Gasteiger partial charge in [-0.05, 0) is 18.4 Å². The SMILES string of the molecule is CSc1c(-c2ccccc2)nc2ccc(Cl)cn12. The van der Waals surface area contributed by atoms with Crippen molar-refractivity contribution in [1.29, 1.82) is 0 Å². The monoisotopic (exact) mass is 274 g/mol. The molecular formula is C14H11ClN2S. The van der Waals surface area contributed by atoms with Crippen LogP contribution in [-0.2, 0) is 0 Å². The smallest absolute Gasteiger partial charge is 0.138 e. The second-order valence-electron chi connectivity index (χ2n) is 3.91. The van der Waals surface area contributed by atoms with Crippen LogP contribution in [0.4, 0.5) is 0 Å². The van der Waals surface area contributed by atoms with Crippen molar-refractivity contribution >= 4 is 29.0 Å². The van der Waals surface area contributed by atoms with Crippen LogP contribution in [0.1, 0.15) is 0 Å². The molecule has 3 aromatic rings. The van der Waals surface area contributed by atoms with Gasteiger partial charge in [-0.1, -0.05) is 41.9 Å². The van der Waals surface area contributed by atoms with Crippen LogP contribution in [-0.4, -0.2) is 15.6 Å². The maximum absolute atomic E-state index is 6.05. The first-order valence-electron chi connectivity index (χ1n) is 5.56. The van der Waals surface area contributed by atoms with Crippen molar-refractivity contribution in [3.05, 3.63) is 53.7 Å². The van der Waals surface area contributed by atoms with E-state index in [2.05, 4.69) is 23.4 Å². The van der Waals surface area contributed by atoms with Gasteiger partial charge in [0.05, 0.1) is 5.02 Å². The molecule has 3 rings (SSSR count). The Morgan fingerprint density at radius 2 is 1.89 bits per heavy atom. The second-order valence-corrected chi connectivity index (χ2v) is 5.14. The minimum absolute atomic E-state index is 0.717. The molecule has 2 aromatic heterocycles. The van der Waals surface area contributed by atoms with Crippen LogP contribution < -0.4 is 0 Å². The van der Waals surface area contributed by atoms with E-state index in [1.54, 1.807) is 11.8 Å². The van der Waals surface area contributed by atoms with Gasteiger partial charge in [0.15, 0.2) is 0 Å². The van der Waals surface area contributed by atoms with Gasteiger partial charge in [0.2, 0.25) is 0 Å². The van der Waals surface area contributed by atoms with Gasteiger partial charge < -0.3 is 0 Å². The molecule has 0 amide bonds. The summed E-state index contributed by atoms with van der Waals surface area (Å²) in [5.41, 5.74) is 3.05. The Morgan fingerprint density at radius 1 is 1.11 bits per heavy atom. The Kier molecular flexibility index (Phi) is 3.02. The van der Waals surface area contributed by atoms with Crippen molar-refractivity contribution in [2.75, 3.05) is 6.26 Å². The van der Waals surface area contributed by atoms with Crippen LogP contribution in [0.15, 0.2) is 53.7 Å². The van der Waals surface area contributed by atoms with Gasteiger partial charge in [0.25, 0.3) is 0 Å². The summed E-state index contributed by atoms with van der Waals surface area (Å²) in [7, 11) is 0. The predicted octanol–water partition coefficient (Wildman–Crippen LogP) is 4.38. The van der Waals surface area contributed by atoms with E-state index < -0.39 is 0 Å². The van der Waals surface area contributed by atoms with E-state index in [0.717, 1.165) is 27.0 Å². The van der Waals surface area contributed by atoms with Crippen molar-refractivity contribution in [3.63, 3.8) is 0 Å². The highest BCUT2D eigenvalue weighted by Gasteiger charge is 2.12. The van der Waals surface area contributed by atoms with Crippen molar-refractivity contribution < 1.29 is 0 Å². The number of halogens is 1. The third-order valence-electron chi connectivity index (χ3n) is 2.78. The van der Waals surface area contributed by atoms with Crippen LogP contribution in [0, 0.1) is 0 Å². The summed E-state index contributed by atoms with van der Waals surface area (Å²) in [6, 6.07) is 14.0. The van der Waals surface area contributed by atoms with E-state index in [9.17, 15) is 0 Å². The molecule has 0 atom stereocenters. The summed E-state index contributed by atoms with van der Waals surface area (Å²) in [6.07, 6.45) is 3.96. The highest BCUT2D eigenvalue weighted by atomic mass is 35.5. The quantitative estimate of drug-likeness (QED) is 0.645. The highest BCUT2D eigenvalue weighted by molar-refractivity contribution is 7.98. The van der Waals surface area contributed by atoms with Gasteiger partial charge in [0.1, 0.15) is 16.4 Å². The largest absolute Gasteiger partial charge is 0.293 e. The fraction of sp³-hybridized carbons (Fsp3) is 0.0714. The number of thioether (sulfide) groups is 1. The first-order valence-corrected chi connectivity index (χ1v) is 7.17. The number of imidazole rings is 1. The van der Waals surface area contributed by atoms with Crippen molar-refractivity contribution in [3.8, 4) is 11.3 Å². The van der Waals surface area contributed by atoms with Gasteiger partial charge in [-0.3, -0.25) is 4.40 Å². The molecular weight excluding hydrogens is 264 g/mol. The second kappa shape index (κ2) is 4.67. The average Bonchev–Trinajstić information content (AvgIpc) is 2.77. The van der Waals surface area contributed by atoms with Crippen molar-refractivity contribution in [2.45, 2.75) is 5.03 Å². The Labute approximate surface area is 115 Å². The summed E-state index contributed by atoms with van der Waals surface area (Å²) < 4.78 is 2.04. The Balaban J connectivity index is 2.30. The topological polar surface area (TPSA) is 17.3 Å². The lowest BCUT2D eigenvalue weighted by atomic mass is 10.2. The number of fused-ring (bicyclic) bond motifs is 1. The lowest BCUT2D eigenvalue weighted by molar-refractivity contribution is 1.05. The minimum atomic E-state index is 0.717. The fourth-order valence-corrected chi connectivity index (χ4v) is 2.84. The maximum Gasteiger partial charge on any atom is 0.138 e. The molecule has 0 aliphatic carbocycles. The number of nitrogens with zero attached hydrogens (tertiary/aromatic N) is 2. The molecule has 90 valence electrons. The van der Waals surface area contributed by atoms with E-state index in [1.165, 1.54) is 0 Å². The molecule has 0 radical (unpaired) electrons. The predicted molar refractivity (Wildman–Crippen MR) is 77.4 cm³/mol. The summed E-state index contributed by atoms with van der Waals surface area (Å²) in [6.45, 7) is 0. The van der Waals surface area contributed by atoms with Gasteiger partial charge >= 0.3 is 0 Å². The zero-order chi connectivity index (χ0) is 12.5. The summed E-state index contributed by atoms with van der Waals surface area (Å²) in [5.74, 6) is 0. The first kappa shape index (κ1) is 11.6. The molecule has 0 N–H and O–H groups in total. The number of pyridine rings is 1. The zero-order valence-electron chi connectivity index (χ0n) is 9.80. The first-order chi connectivity index (χ1) is 8.79. The molecule has 18 heavy (non-hydrogen) atoms. The number of aromatic nitrogens is 2. The van der Waals surface area contributed by atoms with Gasteiger partial charge in [0, 0.05) is 11.8 Å².